The van der Waals surface area contributed by atoms with Crippen molar-refractivity contribution in [2.75, 3.05) is 19.6 Å². The number of aliphatic imine (C=N–C) groups is 1. The molecule has 0 fully saturated rings. The molecule has 1 heterocycles. The SMILES string of the molecule is CCNC(=NCC(C)Oc1ccccc1F)NCCCc1cnn(C)c1.I. The number of aromatic nitrogens is 2. The fraction of sp³-hybridized carbons (Fsp3) is 0.474. The molecule has 0 bridgehead atoms. The van der Waals surface area contributed by atoms with Crippen molar-refractivity contribution < 1.29 is 9.13 Å². The van der Waals surface area contributed by atoms with Crippen LogP contribution >= 0.6 is 24.0 Å². The maximum absolute atomic E-state index is 13.6. The number of aryl methyl sites for hydroxylation is 2. The fourth-order valence-electron chi connectivity index (χ4n) is 2.46. The highest BCUT2D eigenvalue weighted by atomic mass is 127. The van der Waals surface area contributed by atoms with Gasteiger partial charge in [0, 0.05) is 26.3 Å². The van der Waals surface area contributed by atoms with Crippen LogP contribution in [0.5, 0.6) is 5.75 Å². The summed E-state index contributed by atoms with van der Waals surface area (Å²) >= 11 is 0. The Kier molecular flexibility index (Phi) is 10.8. The van der Waals surface area contributed by atoms with E-state index < -0.39 is 0 Å². The molecule has 0 aliphatic rings. The van der Waals surface area contributed by atoms with Gasteiger partial charge in [0.05, 0.1) is 12.7 Å². The summed E-state index contributed by atoms with van der Waals surface area (Å²) < 4.78 is 21.0. The number of rotatable bonds is 9. The van der Waals surface area contributed by atoms with Gasteiger partial charge < -0.3 is 15.4 Å². The molecule has 1 unspecified atom stereocenters. The van der Waals surface area contributed by atoms with Gasteiger partial charge in [0.15, 0.2) is 17.5 Å². The van der Waals surface area contributed by atoms with Gasteiger partial charge in [0.25, 0.3) is 0 Å². The molecule has 150 valence electrons. The van der Waals surface area contributed by atoms with Gasteiger partial charge in [0.1, 0.15) is 6.10 Å². The lowest BCUT2D eigenvalue weighted by atomic mass is 10.2. The van der Waals surface area contributed by atoms with Crippen molar-refractivity contribution in [1.29, 1.82) is 0 Å². The smallest absolute Gasteiger partial charge is 0.191 e. The molecule has 8 heteroatoms. The van der Waals surface area contributed by atoms with Crippen LogP contribution in [0.25, 0.3) is 0 Å². The molecule has 1 atom stereocenters. The highest BCUT2D eigenvalue weighted by molar-refractivity contribution is 14.0. The third-order valence-electron chi connectivity index (χ3n) is 3.71. The Balaban J connectivity index is 0.00000364. The highest BCUT2D eigenvalue weighted by Gasteiger charge is 2.08. The Labute approximate surface area is 177 Å². The van der Waals surface area contributed by atoms with E-state index in [1.54, 1.807) is 18.2 Å². The Hall–Kier alpha value is -1.84. The van der Waals surface area contributed by atoms with Gasteiger partial charge in [-0.15, -0.1) is 24.0 Å². The van der Waals surface area contributed by atoms with Crippen LogP contribution in [0.4, 0.5) is 4.39 Å². The van der Waals surface area contributed by atoms with Crippen molar-refractivity contribution in [2.24, 2.45) is 12.0 Å². The fourth-order valence-corrected chi connectivity index (χ4v) is 2.46. The second-order valence-electron chi connectivity index (χ2n) is 6.13. The molecule has 27 heavy (non-hydrogen) atoms. The van der Waals surface area contributed by atoms with E-state index >= 15 is 0 Å². The normalized spacial score (nSPS) is 12.2. The number of guanidine groups is 1. The zero-order valence-electron chi connectivity index (χ0n) is 16.1. The number of nitrogens with one attached hydrogen (secondary N) is 2. The van der Waals surface area contributed by atoms with Gasteiger partial charge in [-0.2, -0.15) is 5.10 Å². The minimum atomic E-state index is -0.358. The van der Waals surface area contributed by atoms with Crippen LogP contribution in [0.15, 0.2) is 41.7 Å². The van der Waals surface area contributed by atoms with E-state index in [0.717, 1.165) is 31.9 Å². The van der Waals surface area contributed by atoms with E-state index in [2.05, 4.69) is 20.7 Å². The zero-order valence-corrected chi connectivity index (χ0v) is 18.4. The summed E-state index contributed by atoms with van der Waals surface area (Å²) in [4.78, 5) is 4.52. The van der Waals surface area contributed by atoms with Crippen LogP contribution in [0.1, 0.15) is 25.8 Å². The molecule has 0 amide bonds. The second-order valence-corrected chi connectivity index (χ2v) is 6.13. The summed E-state index contributed by atoms with van der Waals surface area (Å²) in [6.07, 6.45) is 5.64. The molecule has 1 aromatic carbocycles. The standard InChI is InChI=1S/C19H28FN5O.HI/c1-4-21-19(22-11-7-8-16-13-24-25(3)14-16)23-12-15(2)26-18-10-6-5-9-17(18)20;/h5-6,9-10,13-15H,4,7-8,11-12H2,1-3H3,(H2,21,22,23);1H. The van der Waals surface area contributed by atoms with E-state index in [1.165, 1.54) is 11.6 Å². The summed E-state index contributed by atoms with van der Waals surface area (Å²) in [5, 5.41) is 10.7. The molecular formula is C19H29FIN5O. The Morgan fingerprint density at radius 2 is 2.11 bits per heavy atom. The van der Waals surface area contributed by atoms with E-state index in [9.17, 15) is 4.39 Å². The summed E-state index contributed by atoms with van der Waals surface area (Å²) in [5.74, 6) is 0.635. The van der Waals surface area contributed by atoms with Crippen molar-refractivity contribution in [1.82, 2.24) is 20.4 Å². The number of para-hydroxylation sites is 1. The maximum Gasteiger partial charge on any atom is 0.191 e. The molecule has 0 aliphatic heterocycles. The van der Waals surface area contributed by atoms with Gasteiger partial charge in [-0.1, -0.05) is 12.1 Å². The number of ether oxygens (including phenoxy) is 1. The molecular weight excluding hydrogens is 460 g/mol. The number of nitrogens with zero attached hydrogens (tertiary/aromatic N) is 3. The van der Waals surface area contributed by atoms with Gasteiger partial charge in [-0.05, 0) is 44.4 Å². The summed E-state index contributed by atoms with van der Waals surface area (Å²) in [6.45, 7) is 5.92. The molecule has 2 rings (SSSR count). The average Bonchev–Trinajstić information content (AvgIpc) is 3.03. The molecule has 6 nitrogen and oxygen atoms in total. The van der Waals surface area contributed by atoms with E-state index in [1.807, 2.05) is 38.0 Å². The lowest BCUT2D eigenvalue weighted by Gasteiger charge is -2.15. The molecule has 2 aromatic rings. The number of hydrogen-bond donors (Lipinski definition) is 2. The Morgan fingerprint density at radius 1 is 1.33 bits per heavy atom. The molecule has 2 N–H and O–H groups in total. The van der Waals surface area contributed by atoms with Crippen LogP contribution < -0.4 is 15.4 Å². The summed E-state index contributed by atoms with van der Waals surface area (Å²) in [5.41, 5.74) is 1.23. The first kappa shape index (κ1) is 23.2. The Bertz CT molecular complexity index is 707. The van der Waals surface area contributed by atoms with Gasteiger partial charge in [0.2, 0.25) is 0 Å². The predicted molar refractivity (Wildman–Crippen MR) is 117 cm³/mol. The monoisotopic (exact) mass is 489 g/mol. The van der Waals surface area contributed by atoms with Crippen molar-refractivity contribution in [2.45, 2.75) is 32.8 Å². The molecule has 0 radical (unpaired) electrons. The minimum absolute atomic E-state index is 0. The van der Waals surface area contributed by atoms with Crippen molar-refractivity contribution in [3.05, 3.63) is 48.0 Å². The largest absolute Gasteiger partial charge is 0.486 e. The van der Waals surface area contributed by atoms with E-state index in [4.69, 9.17) is 4.74 Å². The van der Waals surface area contributed by atoms with Crippen LogP contribution in [-0.2, 0) is 13.5 Å². The maximum atomic E-state index is 13.6. The second kappa shape index (κ2) is 12.5. The van der Waals surface area contributed by atoms with E-state index in [0.29, 0.717) is 6.54 Å². The lowest BCUT2D eigenvalue weighted by Crippen LogP contribution is -2.38. The van der Waals surface area contributed by atoms with Gasteiger partial charge in [-0.25, -0.2) is 9.38 Å². The number of halogens is 2. The highest BCUT2D eigenvalue weighted by Crippen LogP contribution is 2.16. The molecule has 0 saturated heterocycles. The molecule has 1 aromatic heterocycles. The number of hydrogen-bond acceptors (Lipinski definition) is 3. The topological polar surface area (TPSA) is 63.5 Å². The zero-order chi connectivity index (χ0) is 18.8. The predicted octanol–water partition coefficient (Wildman–Crippen LogP) is 3.13. The van der Waals surface area contributed by atoms with Crippen molar-refractivity contribution in [3.63, 3.8) is 0 Å². The average molecular weight is 489 g/mol. The van der Waals surface area contributed by atoms with Gasteiger partial charge in [-0.3, -0.25) is 4.68 Å². The molecule has 0 aliphatic carbocycles. The van der Waals surface area contributed by atoms with Crippen molar-refractivity contribution >= 4 is 29.9 Å². The quantitative estimate of drug-likeness (QED) is 0.246. The molecule has 0 spiro atoms. The molecule has 0 saturated carbocycles. The van der Waals surface area contributed by atoms with Crippen LogP contribution in [0.3, 0.4) is 0 Å². The number of benzene rings is 1. The minimum Gasteiger partial charge on any atom is -0.486 e. The first-order valence-corrected chi connectivity index (χ1v) is 8.99. The van der Waals surface area contributed by atoms with E-state index in [-0.39, 0.29) is 41.6 Å². The third kappa shape index (κ3) is 8.59. The van der Waals surface area contributed by atoms with Crippen molar-refractivity contribution in [3.8, 4) is 5.75 Å². The summed E-state index contributed by atoms with van der Waals surface area (Å²) in [7, 11) is 1.92. The van der Waals surface area contributed by atoms with Crippen LogP contribution in [0, 0.1) is 5.82 Å². The first-order chi connectivity index (χ1) is 12.6. The Morgan fingerprint density at radius 3 is 2.78 bits per heavy atom. The van der Waals surface area contributed by atoms with Crippen LogP contribution in [-0.4, -0.2) is 41.5 Å². The summed E-state index contributed by atoms with van der Waals surface area (Å²) in [6, 6.07) is 6.41. The van der Waals surface area contributed by atoms with Gasteiger partial charge >= 0.3 is 0 Å². The third-order valence-corrected chi connectivity index (χ3v) is 3.71. The first-order valence-electron chi connectivity index (χ1n) is 8.99. The lowest BCUT2D eigenvalue weighted by molar-refractivity contribution is 0.220. The van der Waals surface area contributed by atoms with Crippen LogP contribution in [0.2, 0.25) is 0 Å².